The zero-order valence-corrected chi connectivity index (χ0v) is 16.5. The number of anilines is 1. The van der Waals surface area contributed by atoms with E-state index in [4.69, 9.17) is 9.47 Å². The topological polar surface area (TPSA) is 64.6 Å². The fraction of sp³-hybridized carbons (Fsp3) is 0.300. The second-order valence-electron chi connectivity index (χ2n) is 5.81. The Hall–Kier alpha value is -2.34. The molecule has 0 heterocycles. The van der Waals surface area contributed by atoms with Crippen molar-refractivity contribution < 1.29 is 19.1 Å². The van der Waals surface area contributed by atoms with Crippen molar-refractivity contribution >= 4 is 33.5 Å². The van der Waals surface area contributed by atoms with Gasteiger partial charge in [0.15, 0.2) is 6.61 Å². The third-order valence-corrected chi connectivity index (χ3v) is 4.15. The van der Waals surface area contributed by atoms with Crippen molar-refractivity contribution in [1.82, 2.24) is 0 Å². The van der Waals surface area contributed by atoms with Crippen LogP contribution in [0, 0.1) is 6.92 Å². The summed E-state index contributed by atoms with van der Waals surface area (Å²) in [6.45, 7) is 4.28. The average molecular weight is 420 g/mol. The molecule has 0 bridgehead atoms. The normalized spacial score (nSPS) is 10.3. The van der Waals surface area contributed by atoms with Crippen molar-refractivity contribution in [3.63, 3.8) is 0 Å². The van der Waals surface area contributed by atoms with E-state index in [0.29, 0.717) is 23.6 Å². The highest BCUT2D eigenvalue weighted by molar-refractivity contribution is 9.10. The van der Waals surface area contributed by atoms with Gasteiger partial charge in [0, 0.05) is 10.2 Å². The minimum Gasteiger partial charge on any atom is -0.494 e. The average Bonchev–Trinajstić information content (AvgIpc) is 2.63. The summed E-state index contributed by atoms with van der Waals surface area (Å²) in [5.41, 5.74) is 1.97. The van der Waals surface area contributed by atoms with Crippen LogP contribution in [0.1, 0.15) is 35.7 Å². The number of benzene rings is 2. The molecule has 26 heavy (non-hydrogen) atoms. The summed E-state index contributed by atoms with van der Waals surface area (Å²) in [7, 11) is 0. The predicted molar refractivity (Wildman–Crippen MR) is 105 cm³/mol. The van der Waals surface area contributed by atoms with Crippen LogP contribution in [0.3, 0.4) is 0 Å². The Labute approximate surface area is 161 Å². The number of ether oxygens (including phenoxy) is 2. The predicted octanol–water partition coefficient (Wildman–Crippen LogP) is 4.73. The maximum absolute atomic E-state index is 12.0. The first kappa shape index (κ1) is 20.0. The molecule has 2 aromatic carbocycles. The van der Waals surface area contributed by atoms with E-state index in [-0.39, 0.29) is 12.5 Å². The van der Waals surface area contributed by atoms with E-state index in [2.05, 4.69) is 28.2 Å². The van der Waals surface area contributed by atoms with Gasteiger partial charge in [0.1, 0.15) is 5.75 Å². The molecule has 0 saturated heterocycles. The molecule has 0 aliphatic rings. The molecule has 0 unspecified atom stereocenters. The van der Waals surface area contributed by atoms with Crippen LogP contribution in [0.25, 0.3) is 0 Å². The second kappa shape index (κ2) is 9.97. The molecular weight excluding hydrogens is 398 g/mol. The van der Waals surface area contributed by atoms with Gasteiger partial charge in [0.2, 0.25) is 0 Å². The number of hydrogen-bond acceptors (Lipinski definition) is 4. The number of hydrogen-bond donors (Lipinski definition) is 1. The minimum absolute atomic E-state index is 0.344. The third-order valence-electron chi connectivity index (χ3n) is 3.65. The number of nitrogens with one attached hydrogen (secondary N) is 1. The Bertz CT molecular complexity index is 759. The lowest BCUT2D eigenvalue weighted by Crippen LogP contribution is -2.21. The minimum atomic E-state index is -0.548. The molecule has 0 atom stereocenters. The highest BCUT2D eigenvalue weighted by Crippen LogP contribution is 2.20. The molecule has 5 nitrogen and oxygen atoms in total. The van der Waals surface area contributed by atoms with Gasteiger partial charge < -0.3 is 14.8 Å². The smallest absolute Gasteiger partial charge is 0.338 e. The van der Waals surface area contributed by atoms with Crippen LogP contribution < -0.4 is 10.1 Å². The largest absolute Gasteiger partial charge is 0.494 e. The molecular formula is C20H22BrNO4. The van der Waals surface area contributed by atoms with Gasteiger partial charge in [-0.1, -0.05) is 29.3 Å². The molecule has 0 radical (unpaired) electrons. The molecule has 0 saturated carbocycles. The van der Waals surface area contributed by atoms with E-state index in [9.17, 15) is 9.59 Å². The summed E-state index contributed by atoms with van der Waals surface area (Å²) >= 11 is 3.37. The molecule has 138 valence electrons. The van der Waals surface area contributed by atoms with Gasteiger partial charge in [-0.3, -0.25) is 4.79 Å². The fourth-order valence-electron chi connectivity index (χ4n) is 2.19. The van der Waals surface area contributed by atoms with Crippen LogP contribution in [0.5, 0.6) is 5.75 Å². The van der Waals surface area contributed by atoms with Crippen molar-refractivity contribution in [2.24, 2.45) is 0 Å². The monoisotopic (exact) mass is 419 g/mol. The SMILES string of the molecule is CCCCOc1ccc(C(=O)OCC(=O)Nc2ccc(Br)cc2C)cc1. The summed E-state index contributed by atoms with van der Waals surface area (Å²) in [5.74, 6) is -0.227. The first-order valence-corrected chi connectivity index (χ1v) is 9.25. The van der Waals surface area contributed by atoms with Crippen molar-refractivity contribution in [3.05, 3.63) is 58.1 Å². The fourth-order valence-corrected chi connectivity index (χ4v) is 2.67. The summed E-state index contributed by atoms with van der Waals surface area (Å²) in [4.78, 5) is 24.0. The lowest BCUT2D eigenvalue weighted by molar-refractivity contribution is -0.119. The van der Waals surface area contributed by atoms with Gasteiger partial charge in [-0.25, -0.2) is 4.79 Å². The number of carbonyl (C=O) groups excluding carboxylic acids is 2. The van der Waals surface area contributed by atoms with Crippen molar-refractivity contribution in [1.29, 1.82) is 0 Å². The molecule has 6 heteroatoms. The number of rotatable bonds is 8. The number of halogens is 1. The van der Waals surface area contributed by atoms with Gasteiger partial charge >= 0.3 is 5.97 Å². The van der Waals surface area contributed by atoms with Crippen LogP contribution in [0.15, 0.2) is 46.9 Å². The first-order chi connectivity index (χ1) is 12.5. The molecule has 0 fully saturated rings. The quantitative estimate of drug-likeness (QED) is 0.495. The standard InChI is InChI=1S/C20H22BrNO4/c1-3-4-11-25-17-8-5-15(6-9-17)20(24)26-13-19(23)22-18-10-7-16(21)12-14(18)2/h5-10,12H,3-4,11,13H2,1-2H3,(H,22,23). The van der Waals surface area contributed by atoms with Gasteiger partial charge in [-0.15, -0.1) is 0 Å². The van der Waals surface area contributed by atoms with Crippen LogP contribution in [0.4, 0.5) is 5.69 Å². The van der Waals surface area contributed by atoms with E-state index in [0.717, 1.165) is 22.9 Å². The van der Waals surface area contributed by atoms with Crippen LogP contribution in [0.2, 0.25) is 0 Å². The lowest BCUT2D eigenvalue weighted by atomic mass is 10.2. The zero-order valence-electron chi connectivity index (χ0n) is 14.9. The summed E-state index contributed by atoms with van der Waals surface area (Å²) < 4.78 is 11.5. The molecule has 0 aliphatic heterocycles. The number of carbonyl (C=O) groups is 2. The van der Waals surface area contributed by atoms with Crippen molar-refractivity contribution in [2.75, 3.05) is 18.5 Å². The maximum Gasteiger partial charge on any atom is 0.338 e. The Kier molecular flexibility index (Phi) is 7.66. The van der Waals surface area contributed by atoms with E-state index in [1.807, 2.05) is 19.1 Å². The van der Waals surface area contributed by atoms with Crippen molar-refractivity contribution in [2.45, 2.75) is 26.7 Å². The van der Waals surface area contributed by atoms with E-state index >= 15 is 0 Å². The Morgan fingerprint density at radius 2 is 1.85 bits per heavy atom. The van der Waals surface area contributed by atoms with Crippen LogP contribution in [-0.4, -0.2) is 25.1 Å². The molecule has 0 spiro atoms. The first-order valence-electron chi connectivity index (χ1n) is 8.45. The zero-order chi connectivity index (χ0) is 18.9. The number of aryl methyl sites for hydroxylation is 1. The molecule has 2 rings (SSSR count). The highest BCUT2D eigenvalue weighted by Gasteiger charge is 2.11. The van der Waals surface area contributed by atoms with Gasteiger partial charge in [-0.05, 0) is 61.4 Å². The van der Waals surface area contributed by atoms with Gasteiger partial charge in [0.05, 0.1) is 12.2 Å². The molecule has 1 N–H and O–H groups in total. The van der Waals surface area contributed by atoms with Crippen molar-refractivity contribution in [3.8, 4) is 5.75 Å². The molecule has 0 aliphatic carbocycles. The number of unbranched alkanes of at least 4 members (excludes halogenated alkanes) is 1. The molecule has 2 aromatic rings. The van der Waals surface area contributed by atoms with E-state index < -0.39 is 5.97 Å². The summed E-state index contributed by atoms with van der Waals surface area (Å²) in [6, 6.07) is 12.2. The Morgan fingerprint density at radius 1 is 1.12 bits per heavy atom. The lowest BCUT2D eigenvalue weighted by Gasteiger charge is -2.10. The molecule has 0 aromatic heterocycles. The summed E-state index contributed by atoms with van der Waals surface area (Å²) in [5, 5.41) is 2.73. The number of esters is 1. The van der Waals surface area contributed by atoms with Gasteiger partial charge in [-0.2, -0.15) is 0 Å². The summed E-state index contributed by atoms with van der Waals surface area (Å²) in [6.07, 6.45) is 2.04. The van der Waals surface area contributed by atoms with Crippen LogP contribution in [-0.2, 0) is 9.53 Å². The van der Waals surface area contributed by atoms with Crippen LogP contribution >= 0.6 is 15.9 Å². The second-order valence-corrected chi connectivity index (χ2v) is 6.73. The maximum atomic E-state index is 12.0. The van der Waals surface area contributed by atoms with Gasteiger partial charge in [0.25, 0.3) is 5.91 Å². The van der Waals surface area contributed by atoms with E-state index in [1.165, 1.54) is 0 Å². The third kappa shape index (κ3) is 6.19. The Morgan fingerprint density at radius 3 is 2.50 bits per heavy atom. The number of amides is 1. The highest BCUT2D eigenvalue weighted by atomic mass is 79.9. The molecule has 1 amide bonds. The van der Waals surface area contributed by atoms with E-state index in [1.54, 1.807) is 30.3 Å². The Balaban J connectivity index is 1.82.